The van der Waals surface area contributed by atoms with Gasteiger partial charge in [-0.25, -0.2) is 0 Å². The number of nitrogens with zero attached hydrogens (tertiary/aromatic N) is 1. The molecule has 1 amide bonds. The van der Waals surface area contributed by atoms with Crippen LogP contribution in [-0.4, -0.2) is 13.0 Å². The minimum atomic E-state index is -0.104. The molecular weight excluding hydrogens is 349 g/mol. The number of hydrogen-bond donors (Lipinski definition) is 0. The summed E-state index contributed by atoms with van der Waals surface area (Å²) in [6.07, 6.45) is 0. The predicted molar refractivity (Wildman–Crippen MR) is 99.0 cm³/mol. The first-order valence-corrected chi connectivity index (χ1v) is 8.57. The number of carbonyl (C=O) groups is 1. The Morgan fingerprint density at radius 3 is 2.48 bits per heavy atom. The minimum absolute atomic E-state index is 0.104. The minimum Gasteiger partial charge on any atom is -0.310 e. The lowest BCUT2D eigenvalue weighted by molar-refractivity contribution is 0.0993. The molecule has 0 fully saturated rings. The van der Waals surface area contributed by atoms with Gasteiger partial charge >= 0.3 is 0 Å². The van der Waals surface area contributed by atoms with E-state index in [9.17, 15) is 4.79 Å². The van der Waals surface area contributed by atoms with Gasteiger partial charge in [0.05, 0.1) is 16.3 Å². The standard InChI is InChI=1S/C18H13Cl2NOS/c1-21(16-8-7-14(19)10-15(16)20)18(22)13-9-17(23-11-13)12-5-3-2-4-6-12/h2-11H,1H3. The van der Waals surface area contributed by atoms with Crippen molar-refractivity contribution in [3.8, 4) is 10.4 Å². The monoisotopic (exact) mass is 361 g/mol. The highest BCUT2D eigenvalue weighted by molar-refractivity contribution is 7.13. The smallest absolute Gasteiger partial charge is 0.258 e. The number of amides is 1. The lowest BCUT2D eigenvalue weighted by atomic mass is 10.1. The average molecular weight is 362 g/mol. The molecule has 0 bridgehead atoms. The molecule has 0 saturated heterocycles. The highest BCUT2D eigenvalue weighted by atomic mass is 35.5. The second-order valence-corrected chi connectivity index (χ2v) is 6.78. The molecular formula is C18H13Cl2NOS. The Hall–Kier alpha value is -1.81. The van der Waals surface area contributed by atoms with Gasteiger partial charge in [0, 0.05) is 22.3 Å². The summed E-state index contributed by atoms with van der Waals surface area (Å²) < 4.78 is 0. The largest absolute Gasteiger partial charge is 0.310 e. The van der Waals surface area contributed by atoms with Crippen molar-refractivity contribution in [2.24, 2.45) is 0 Å². The molecule has 0 aliphatic rings. The zero-order valence-corrected chi connectivity index (χ0v) is 14.6. The molecule has 0 aliphatic carbocycles. The molecule has 0 radical (unpaired) electrons. The molecule has 0 atom stereocenters. The second kappa shape index (κ2) is 6.75. The molecule has 1 heterocycles. The molecule has 0 aliphatic heterocycles. The van der Waals surface area contributed by atoms with Crippen LogP contribution < -0.4 is 4.90 Å². The van der Waals surface area contributed by atoms with E-state index in [2.05, 4.69) is 0 Å². The van der Waals surface area contributed by atoms with E-state index in [1.54, 1.807) is 36.6 Å². The van der Waals surface area contributed by atoms with E-state index in [4.69, 9.17) is 23.2 Å². The van der Waals surface area contributed by atoms with E-state index >= 15 is 0 Å². The SMILES string of the molecule is CN(C(=O)c1csc(-c2ccccc2)c1)c1ccc(Cl)cc1Cl. The number of anilines is 1. The predicted octanol–water partition coefficient (Wildman–Crippen LogP) is 6.00. The van der Waals surface area contributed by atoms with E-state index in [1.165, 1.54) is 4.90 Å². The van der Waals surface area contributed by atoms with Gasteiger partial charge < -0.3 is 4.90 Å². The molecule has 0 saturated carbocycles. The highest BCUT2D eigenvalue weighted by Crippen LogP contribution is 2.31. The first kappa shape index (κ1) is 16.1. The van der Waals surface area contributed by atoms with E-state index < -0.39 is 0 Å². The highest BCUT2D eigenvalue weighted by Gasteiger charge is 2.18. The number of benzene rings is 2. The molecule has 1 aromatic heterocycles. The molecule has 3 rings (SSSR count). The maximum Gasteiger partial charge on any atom is 0.258 e. The van der Waals surface area contributed by atoms with Crippen LogP contribution in [0.1, 0.15) is 10.4 Å². The molecule has 0 N–H and O–H groups in total. The number of carbonyl (C=O) groups excluding carboxylic acids is 1. The summed E-state index contributed by atoms with van der Waals surface area (Å²) in [6.45, 7) is 0. The van der Waals surface area contributed by atoms with Crippen molar-refractivity contribution in [2.45, 2.75) is 0 Å². The lowest BCUT2D eigenvalue weighted by Gasteiger charge is -2.18. The van der Waals surface area contributed by atoms with Crippen LogP contribution in [0.5, 0.6) is 0 Å². The number of thiophene rings is 1. The zero-order chi connectivity index (χ0) is 16.4. The maximum atomic E-state index is 12.7. The van der Waals surface area contributed by atoms with Gasteiger partial charge in [0.1, 0.15) is 0 Å². The molecule has 5 heteroatoms. The summed E-state index contributed by atoms with van der Waals surface area (Å²) in [4.78, 5) is 15.3. The van der Waals surface area contributed by atoms with Gasteiger partial charge in [0.2, 0.25) is 0 Å². The third-order valence-corrected chi connectivity index (χ3v) is 5.00. The summed E-state index contributed by atoms with van der Waals surface area (Å²) in [5, 5.41) is 2.86. The molecule has 116 valence electrons. The molecule has 23 heavy (non-hydrogen) atoms. The van der Waals surface area contributed by atoms with Crippen LogP contribution >= 0.6 is 34.5 Å². The van der Waals surface area contributed by atoms with Gasteiger partial charge in [-0.15, -0.1) is 11.3 Å². The van der Waals surface area contributed by atoms with Crippen molar-refractivity contribution in [2.75, 3.05) is 11.9 Å². The van der Waals surface area contributed by atoms with Gasteiger partial charge in [-0.05, 0) is 29.8 Å². The molecule has 0 spiro atoms. The Labute approximate surface area is 148 Å². The van der Waals surface area contributed by atoms with E-state index in [0.717, 1.165) is 10.4 Å². The first-order valence-electron chi connectivity index (χ1n) is 6.93. The topological polar surface area (TPSA) is 20.3 Å². The number of halogens is 2. The summed E-state index contributed by atoms with van der Waals surface area (Å²) >= 11 is 13.6. The van der Waals surface area contributed by atoms with Crippen molar-refractivity contribution in [3.63, 3.8) is 0 Å². The van der Waals surface area contributed by atoms with Crippen LogP contribution in [0.3, 0.4) is 0 Å². The van der Waals surface area contributed by atoms with Gasteiger partial charge in [0.15, 0.2) is 0 Å². The second-order valence-electron chi connectivity index (χ2n) is 5.03. The van der Waals surface area contributed by atoms with Crippen LogP contribution in [0, 0.1) is 0 Å². The van der Waals surface area contributed by atoms with E-state index in [-0.39, 0.29) is 5.91 Å². The van der Waals surface area contributed by atoms with E-state index in [0.29, 0.717) is 21.3 Å². The fourth-order valence-electron chi connectivity index (χ4n) is 2.26. The quantitative estimate of drug-likeness (QED) is 0.560. The summed E-state index contributed by atoms with van der Waals surface area (Å²) in [6, 6.07) is 17.0. The normalized spacial score (nSPS) is 10.6. The van der Waals surface area contributed by atoms with Crippen LogP contribution in [0.4, 0.5) is 5.69 Å². The van der Waals surface area contributed by atoms with Crippen LogP contribution in [0.2, 0.25) is 10.0 Å². The van der Waals surface area contributed by atoms with Crippen molar-refractivity contribution >= 4 is 46.1 Å². The third-order valence-electron chi connectivity index (χ3n) is 3.48. The third kappa shape index (κ3) is 3.42. The molecule has 0 unspecified atom stereocenters. The number of hydrogen-bond acceptors (Lipinski definition) is 2. The molecule has 2 nitrogen and oxygen atoms in total. The van der Waals surface area contributed by atoms with Gasteiger partial charge in [-0.2, -0.15) is 0 Å². The van der Waals surface area contributed by atoms with Crippen molar-refractivity contribution in [1.29, 1.82) is 0 Å². The Morgan fingerprint density at radius 1 is 1.04 bits per heavy atom. The molecule has 2 aromatic carbocycles. The summed E-state index contributed by atoms with van der Waals surface area (Å²) in [7, 11) is 1.71. The van der Waals surface area contributed by atoms with Crippen molar-refractivity contribution in [1.82, 2.24) is 0 Å². The lowest BCUT2D eigenvalue weighted by Crippen LogP contribution is -2.26. The number of rotatable bonds is 3. The Morgan fingerprint density at radius 2 is 1.78 bits per heavy atom. The zero-order valence-electron chi connectivity index (χ0n) is 12.3. The fraction of sp³-hybridized carbons (Fsp3) is 0.0556. The Balaban J connectivity index is 1.87. The Bertz CT molecular complexity index is 845. The van der Waals surface area contributed by atoms with Crippen LogP contribution in [-0.2, 0) is 0 Å². The van der Waals surface area contributed by atoms with Gasteiger partial charge in [-0.1, -0.05) is 53.5 Å². The van der Waals surface area contributed by atoms with Crippen LogP contribution in [0.15, 0.2) is 60.0 Å². The van der Waals surface area contributed by atoms with Crippen molar-refractivity contribution in [3.05, 3.63) is 75.6 Å². The summed E-state index contributed by atoms with van der Waals surface area (Å²) in [5.74, 6) is -0.104. The van der Waals surface area contributed by atoms with Crippen LogP contribution in [0.25, 0.3) is 10.4 Å². The van der Waals surface area contributed by atoms with Crippen molar-refractivity contribution < 1.29 is 4.79 Å². The fourth-order valence-corrected chi connectivity index (χ4v) is 3.68. The summed E-state index contributed by atoms with van der Waals surface area (Å²) in [5.41, 5.74) is 2.37. The molecule has 3 aromatic rings. The Kier molecular flexibility index (Phi) is 4.71. The van der Waals surface area contributed by atoms with Gasteiger partial charge in [-0.3, -0.25) is 4.79 Å². The average Bonchev–Trinajstić information content (AvgIpc) is 3.04. The maximum absolute atomic E-state index is 12.7. The van der Waals surface area contributed by atoms with E-state index in [1.807, 2.05) is 41.8 Å². The van der Waals surface area contributed by atoms with Gasteiger partial charge in [0.25, 0.3) is 5.91 Å². The first-order chi connectivity index (χ1) is 11.1.